The molecule has 1 aromatic carbocycles. The number of nitrogens with one attached hydrogen (secondary N) is 1. The molecule has 2 rings (SSSR count). The predicted molar refractivity (Wildman–Crippen MR) is 81.3 cm³/mol. The molecule has 0 radical (unpaired) electrons. The van der Waals surface area contributed by atoms with E-state index in [0.29, 0.717) is 10.6 Å². The summed E-state index contributed by atoms with van der Waals surface area (Å²) in [4.78, 5) is 0. The lowest BCUT2D eigenvalue weighted by molar-refractivity contribution is 0.422. The third-order valence-electron chi connectivity index (χ3n) is 2.80. The molecule has 6 heteroatoms. The molecule has 1 N–H and O–H groups in total. The summed E-state index contributed by atoms with van der Waals surface area (Å²) in [7, 11) is 0. The standard InChI is InChI=1S/C15H19F2N3S/c1-15(2,3)18-6-4-5-13-19-20-14(21-13)10-7-11(16)9-12(17)8-10/h7-9,18H,4-6H2,1-3H3. The van der Waals surface area contributed by atoms with Gasteiger partial charge in [-0.15, -0.1) is 10.2 Å². The Hall–Kier alpha value is -1.40. The number of hydrogen-bond acceptors (Lipinski definition) is 4. The van der Waals surface area contributed by atoms with Crippen LogP contribution in [0.5, 0.6) is 0 Å². The van der Waals surface area contributed by atoms with E-state index in [4.69, 9.17) is 0 Å². The fourth-order valence-corrected chi connectivity index (χ4v) is 2.72. The number of nitrogens with zero attached hydrogens (tertiary/aromatic N) is 2. The van der Waals surface area contributed by atoms with Gasteiger partial charge < -0.3 is 5.32 Å². The van der Waals surface area contributed by atoms with Crippen LogP contribution in [0, 0.1) is 11.6 Å². The molecule has 0 fully saturated rings. The second-order valence-corrected chi connectivity index (χ2v) is 7.00. The summed E-state index contributed by atoms with van der Waals surface area (Å²) in [5.41, 5.74) is 0.537. The molecule has 0 aliphatic heterocycles. The van der Waals surface area contributed by atoms with E-state index in [1.165, 1.54) is 23.5 Å². The number of halogens is 2. The van der Waals surface area contributed by atoms with Crippen molar-refractivity contribution in [3.05, 3.63) is 34.8 Å². The van der Waals surface area contributed by atoms with Gasteiger partial charge in [-0.3, -0.25) is 0 Å². The van der Waals surface area contributed by atoms with Crippen LogP contribution in [0.4, 0.5) is 8.78 Å². The van der Waals surface area contributed by atoms with Crippen molar-refractivity contribution in [3.63, 3.8) is 0 Å². The number of rotatable bonds is 5. The minimum Gasteiger partial charge on any atom is -0.312 e. The van der Waals surface area contributed by atoms with Gasteiger partial charge in [-0.2, -0.15) is 0 Å². The smallest absolute Gasteiger partial charge is 0.148 e. The van der Waals surface area contributed by atoms with E-state index in [0.717, 1.165) is 30.5 Å². The summed E-state index contributed by atoms with van der Waals surface area (Å²) in [6.07, 6.45) is 1.75. The van der Waals surface area contributed by atoms with Crippen LogP contribution in [0.3, 0.4) is 0 Å². The molecule has 0 saturated heterocycles. The quantitative estimate of drug-likeness (QED) is 0.853. The monoisotopic (exact) mass is 311 g/mol. The van der Waals surface area contributed by atoms with Crippen molar-refractivity contribution in [1.29, 1.82) is 0 Å². The van der Waals surface area contributed by atoms with Crippen molar-refractivity contribution in [2.75, 3.05) is 6.54 Å². The molecule has 1 aromatic heterocycles. The van der Waals surface area contributed by atoms with Gasteiger partial charge in [-0.05, 0) is 45.9 Å². The first kappa shape index (κ1) is 16.0. The van der Waals surface area contributed by atoms with Gasteiger partial charge in [0.25, 0.3) is 0 Å². The Balaban J connectivity index is 1.95. The van der Waals surface area contributed by atoms with Crippen molar-refractivity contribution in [2.24, 2.45) is 0 Å². The minimum absolute atomic E-state index is 0.103. The maximum Gasteiger partial charge on any atom is 0.148 e. The van der Waals surface area contributed by atoms with Gasteiger partial charge in [0.2, 0.25) is 0 Å². The van der Waals surface area contributed by atoms with E-state index in [1.54, 1.807) is 0 Å². The molecule has 1 heterocycles. The van der Waals surface area contributed by atoms with Crippen molar-refractivity contribution < 1.29 is 8.78 Å². The fourth-order valence-electron chi connectivity index (χ4n) is 1.85. The van der Waals surface area contributed by atoms with E-state index < -0.39 is 11.6 Å². The van der Waals surface area contributed by atoms with E-state index >= 15 is 0 Å². The zero-order valence-corrected chi connectivity index (χ0v) is 13.2. The molecule has 21 heavy (non-hydrogen) atoms. The average Bonchev–Trinajstić information content (AvgIpc) is 2.81. The van der Waals surface area contributed by atoms with Gasteiger partial charge in [-0.25, -0.2) is 8.78 Å². The van der Waals surface area contributed by atoms with Crippen molar-refractivity contribution in [3.8, 4) is 10.6 Å². The van der Waals surface area contributed by atoms with Gasteiger partial charge in [0.15, 0.2) is 0 Å². The maximum absolute atomic E-state index is 13.2. The number of aryl methyl sites for hydroxylation is 1. The normalized spacial score (nSPS) is 11.9. The molecular weight excluding hydrogens is 292 g/mol. The number of hydrogen-bond donors (Lipinski definition) is 1. The summed E-state index contributed by atoms with van der Waals surface area (Å²) in [5, 5.41) is 12.9. The first-order chi connectivity index (χ1) is 9.83. The Morgan fingerprint density at radius 1 is 1.10 bits per heavy atom. The Morgan fingerprint density at radius 2 is 1.76 bits per heavy atom. The highest BCUT2D eigenvalue weighted by Crippen LogP contribution is 2.25. The lowest BCUT2D eigenvalue weighted by Gasteiger charge is -2.20. The third kappa shape index (κ3) is 5.13. The molecule has 0 spiro atoms. The topological polar surface area (TPSA) is 37.8 Å². The van der Waals surface area contributed by atoms with E-state index in [9.17, 15) is 8.78 Å². The number of aromatic nitrogens is 2. The molecule has 114 valence electrons. The van der Waals surface area contributed by atoms with E-state index in [2.05, 4.69) is 36.3 Å². The van der Waals surface area contributed by atoms with Crippen LogP contribution in [-0.4, -0.2) is 22.3 Å². The Labute approximate surface area is 127 Å². The summed E-state index contributed by atoms with van der Waals surface area (Å²) >= 11 is 1.38. The molecule has 0 unspecified atom stereocenters. The van der Waals surface area contributed by atoms with Crippen molar-refractivity contribution in [1.82, 2.24) is 15.5 Å². The first-order valence-electron chi connectivity index (χ1n) is 6.87. The second-order valence-electron chi connectivity index (χ2n) is 5.94. The van der Waals surface area contributed by atoms with Gasteiger partial charge in [0.05, 0.1) is 0 Å². The third-order valence-corrected chi connectivity index (χ3v) is 3.83. The Kier molecular flexibility index (Phi) is 5.00. The van der Waals surface area contributed by atoms with Crippen LogP contribution in [0.2, 0.25) is 0 Å². The lowest BCUT2D eigenvalue weighted by Crippen LogP contribution is -2.36. The molecule has 0 saturated carbocycles. The van der Waals surface area contributed by atoms with Gasteiger partial charge >= 0.3 is 0 Å². The van der Waals surface area contributed by atoms with Gasteiger partial charge in [0.1, 0.15) is 21.6 Å². The van der Waals surface area contributed by atoms with Crippen LogP contribution >= 0.6 is 11.3 Å². The largest absolute Gasteiger partial charge is 0.312 e. The number of benzene rings is 1. The molecule has 0 amide bonds. The van der Waals surface area contributed by atoms with Gasteiger partial charge in [0, 0.05) is 23.6 Å². The minimum atomic E-state index is -0.601. The molecule has 0 aliphatic rings. The van der Waals surface area contributed by atoms with Crippen LogP contribution in [-0.2, 0) is 6.42 Å². The van der Waals surface area contributed by atoms with Crippen LogP contribution < -0.4 is 5.32 Å². The Morgan fingerprint density at radius 3 is 2.38 bits per heavy atom. The van der Waals surface area contributed by atoms with E-state index in [-0.39, 0.29) is 5.54 Å². The SMILES string of the molecule is CC(C)(C)NCCCc1nnc(-c2cc(F)cc(F)c2)s1. The highest BCUT2D eigenvalue weighted by atomic mass is 32.1. The summed E-state index contributed by atoms with van der Waals surface area (Å²) in [5.74, 6) is -1.20. The molecule has 0 atom stereocenters. The molecule has 2 aromatic rings. The fraction of sp³-hybridized carbons (Fsp3) is 0.467. The molecule has 0 bridgehead atoms. The summed E-state index contributed by atoms with van der Waals surface area (Å²) in [6.45, 7) is 7.25. The zero-order chi connectivity index (χ0) is 15.5. The summed E-state index contributed by atoms with van der Waals surface area (Å²) in [6, 6.07) is 3.40. The Bertz CT molecular complexity index is 585. The second kappa shape index (κ2) is 6.58. The van der Waals surface area contributed by atoms with E-state index in [1.807, 2.05) is 0 Å². The highest BCUT2D eigenvalue weighted by Gasteiger charge is 2.11. The van der Waals surface area contributed by atoms with Crippen molar-refractivity contribution >= 4 is 11.3 Å². The maximum atomic E-state index is 13.2. The molecular formula is C15H19F2N3S. The van der Waals surface area contributed by atoms with Crippen LogP contribution in [0.25, 0.3) is 10.6 Å². The highest BCUT2D eigenvalue weighted by molar-refractivity contribution is 7.14. The average molecular weight is 311 g/mol. The van der Waals surface area contributed by atoms with Gasteiger partial charge in [-0.1, -0.05) is 11.3 Å². The van der Waals surface area contributed by atoms with Crippen LogP contribution in [0.1, 0.15) is 32.2 Å². The summed E-state index contributed by atoms with van der Waals surface area (Å²) < 4.78 is 26.4. The first-order valence-corrected chi connectivity index (χ1v) is 7.69. The lowest BCUT2D eigenvalue weighted by atomic mass is 10.1. The zero-order valence-electron chi connectivity index (χ0n) is 12.4. The van der Waals surface area contributed by atoms with Crippen LogP contribution in [0.15, 0.2) is 18.2 Å². The van der Waals surface area contributed by atoms with Crippen molar-refractivity contribution in [2.45, 2.75) is 39.2 Å². The molecule has 0 aliphatic carbocycles. The predicted octanol–water partition coefficient (Wildman–Crippen LogP) is 3.80. The molecule has 3 nitrogen and oxygen atoms in total.